The number of carbonyl (C=O) groups is 1. The van der Waals surface area contributed by atoms with Crippen LogP contribution in [0.4, 0.5) is 0 Å². The molecular formula is C24H35N5O. The van der Waals surface area contributed by atoms with Crippen LogP contribution in [-0.2, 0) is 11.3 Å². The largest absolute Gasteiger partial charge is 0.357 e. The normalized spacial score (nSPS) is 15.9. The highest BCUT2D eigenvalue weighted by molar-refractivity contribution is 5.86. The summed E-state index contributed by atoms with van der Waals surface area (Å²) in [5.74, 6) is 0.998. The van der Waals surface area contributed by atoms with Crippen LogP contribution in [0.5, 0.6) is 0 Å². The van der Waals surface area contributed by atoms with Gasteiger partial charge in [-0.1, -0.05) is 49.4 Å². The van der Waals surface area contributed by atoms with E-state index in [1.807, 2.05) is 0 Å². The molecule has 1 heterocycles. The molecule has 1 aliphatic heterocycles. The summed E-state index contributed by atoms with van der Waals surface area (Å²) in [5, 5.41) is 12.4. The van der Waals surface area contributed by atoms with Crippen LogP contribution in [0.15, 0.2) is 47.5 Å². The Morgan fingerprint density at radius 1 is 1.07 bits per heavy atom. The fourth-order valence-corrected chi connectivity index (χ4v) is 3.87. The number of carbonyl (C=O) groups excluding carboxylic acids is 1. The number of rotatable bonds is 8. The molecule has 0 spiro atoms. The van der Waals surface area contributed by atoms with Crippen molar-refractivity contribution < 1.29 is 4.79 Å². The molecule has 1 amide bonds. The number of benzene rings is 2. The summed E-state index contributed by atoms with van der Waals surface area (Å²) in [6.45, 7) is 8.76. The molecule has 0 bridgehead atoms. The predicted octanol–water partition coefficient (Wildman–Crippen LogP) is 2.89. The first-order valence-electron chi connectivity index (χ1n) is 11.2. The lowest BCUT2D eigenvalue weighted by Crippen LogP contribution is -2.50. The van der Waals surface area contributed by atoms with Crippen molar-refractivity contribution in [1.82, 2.24) is 20.9 Å². The Kier molecular flexibility index (Phi) is 8.51. The van der Waals surface area contributed by atoms with Crippen molar-refractivity contribution in [1.29, 1.82) is 0 Å². The fourth-order valence-electron chi connectivity index (χ4n) is 3.87. The van der Waals surface area contributed by atoms with Crippen LogP contribution in [0.25, 0.3) is 10.8 Å². The molecule has 2 aromatic carbocycles. The molecule has 1 saturated heterocycles. The van der Waals surface area contributed by atoms with Gasteiger partial charge in [-0.3, -0.25) is 9.69 Å². The number of amides is 1. The highest BCUT2D eigenvalue weighted by atomic mass is 16.2. The van der Waals surface area contributed by atoms with Gasteiger partial charge >= 0.3 is 0 Å². The molecule has 162 valence electrons. The minimum atomic E-state index is 0.133. The van der Waals surface area contributed by atoms with E-state index in [0.29, 0.717) is 19.1 Å². The first kappa shape index (κ1) is 22.1. The van der Waals surface area contributed by atoms with Gasteiger partial charge < -0.3 is 16.0 Å². The van der Waals surface area contributed by atoms with Crippen LogP contribution in [0.1, 0.15) is 38.7 Å². The van der Waals surface area contributed by atoms with Gasteiger partial charge in [0.15, 0.2) is 5.96 Å². The lowest BCUT2D eigenvalue weighted by atomic mass is 10.0. The summed E-state index contributed by atoms with van der Waals surface area (Å²) < 4.78 is 0. The van der Waals surface area contributed by atoms with Gasteiger partial charge in [-0.05, 0) is 42.5 Å². The first-order chi connectivity index (χ1) is 14.7. The van der Waals surface area contributed by atoms with Gasteiger partial charge in [-0.2, -0.15) is 0 Å². The maximum atomic E-state index is 11.9. The summed E-state index contributed by atoms with van der Waals surface area (Å²) in [6.07, 6.45) is 3.00. The minimum absolute atomic E-state index is 0.133. The Bertz CT molecular complexity index is 837. The lowest BCUT2D eigenvalue weighted by molar-refractivity contribution is -0.122. The quantitative estimate of drug-likeness (QED) is 0.463. The fraction of sp³-hybridized carbons (Fsp3) is 0.500. The summed E-state index contributed by atoms with van der Waals surface area (Å²) in [4.78, 5) is 19.0. The molecular weight excluding hydrogens is 374 g/mol. The molecule has 30 heavy (non-hydrogen) atoms. The van der Waals surface area contributed by atoms with E-state index in [9.17, 15) is 4.79 Å². The third-order valence-electron chi connectivity index (χ3n) is 5.50. The molecule has 6 nitrogen and oxygen atoms in total. The van der Waals surface area contributed by atoms with Gasteiger partial charge in [0, 0.05) is 32.2 Å². The molecule has 0 saturated carbocycles. The van der Waals surface area contributed by atoms with Crippen LogP contribution in [0.2, 0.25) is 0 Å². The van der Waals surface area contributed by atoms with Gasteiger partial charge in [0.1, 0.15) is 0 Å². The standard InChI is InChI=1S/C24H35N5O/c1-3-14-26-23(30)18-29-15-12-21(13-16-29)28-24(25-4-2)27-17-20-10-7-9-19-8-5-6-11-22(19)20/h5-11,21H,3-4,12-18H2,1-2H3,(H,26,30)(H2,25,27,28). The minimum Gasteiger partial charge on any atom is -0.357 e. The molecule has 0 aromatic heterocycles. The van der Waals surface area contributed by atoms with Gasteiger partial charge in [0.05, 0.1) is 13.1 Å². The molecule has 3 N–H and O–H groups in total. The maximum Gasteiger partial charge on any atom is 0.234 e. The second-order valence-electron chi connectivity index (χ2n) is 7.88. The van der Waals surface area contributed by atoms with Crippen molar-refractivity contribution in [2.75, 3.05) is 32.7 Å². The maximum absolute atomic E-state index is 11.9. The van der Waals surface area contributed by atoms with Crippen molar-refractivity contribution in [3.63, 3.8) is 0 Å². The Labute approximate surface area is 180 Å². The zero-order valence-corrected chi connectivity index (χ0v) is 18.3. The van der Waals surface area contributed by atoms with E-state index in [2.05, 4.69) is 77.2 Å². The summed E-state index contributed by atoms with van der Waals surface area (Å²) in [7, 11) is 0. The second kappa shape index (κ2) is 11.6. The number of nitrogens with zero attached hydrogens (tertiary/aromatic N) is 2. The average Bonchev–Trinajstić information content (AvgIpc) is 2.77. The molecule has 0 aliphatic carbocycles. The van der Waals surface area contributed by atoms with E-state index >= 15 is 0 Å². The Morgan fingerprint density at radius 2 is 1.83 bits per heavy atom. The Morgan fingerprint density at radius 3 is 2.60 bits per heavy atom. The van der Waals surface area contributed by atoms with Crippen LogP contribution in [0, 0.1) is 0 Å². The van der Waals surface area contributed by atoms with Crippen LogP contribution in [-0.4, -0.2) is 55.5 Å². The van der Waals surface area contributed by atoms with Gasteiger partial charge in [-0.15, -0.1) is 0 Å². The molecule has 2 aromatic rings. The molecule has 0 radical (unpaired) electrons. The number of guanidine groups is 1. The van der Waals surface area contributed by atoms with Gasteiger partial charge in [0.25, 0.3) is 0 Å². The third-order valence-corrected chi connectivity index (χ3v) is 5.50. The van der Waals surface area contributed by atoms with E-state index in [-0.39, 0.29) is 5.91 Å². The Balaban J connectivity index is 1.54. The predicted molar refractivity (Wildman–Crippen MR) is 125 cm³/mol. The monoisotopic (exact) mass is 409 g/mol. The van der Waals surface area contributed by atoms with Gasteiger partial charge in [0.2, 0.25) is 5.91 Å². The molecule has 3 rings (SSSR count). The number of aliphatic imine (C=N–C) groups is 1. The van der Waals surface area contributed by atoms with Gasteiger partial charge in [-0.25, -0.2) is 4.99 Å². The number of piperidine rings is 1. The summed E-state index contributed by atoms with van der Waals surface area (Å²) in [5.41, 5.74) is 1.23. The van der Waals surface area contributed by atoms with Crippen LogP contribution < -0.4 is 16.0 Å². The summed E-state index contributed by atoms with van der Waals surface area (Å²) in [6, 6.07) is 15.2. The lowest BCUT2D eigenvalue weighted by Gasteiger charge is -2.32. The zero-order valence-electron chi connectivity index (χ0n) is 18.3. The van der Waals surface area contributed by atoms with E-state index in [1.165, 1.54) is 16.3 Å². The highest BCUT2D eigenvalue weighted by Gasteiger charge is 2.21. The molecule has 1 aliphatic rings. The molecule has 1 fully saturated rings. The smallest absolute Gasteiger partial charge is 0.234 e. The van der Waals surface area contributed by atoms with Crippen molar-refractivity contribution in [3.05, 3.63) is 48.0 Å². The SMILES string of the molecule is CCCNC(=O)CN1CCC(NC(=NCc2cccc3ccccc23)NCC)CC1. The zero-order chi connectivity index (χ0) is 21.2. The van der Waals surface area contributed by atoms with Crippen LogP contribution >= 0.6 is 0 Å². The summed E-state index contributed by atoms with van der Waals surface area (Å²) >= 11 is 0. The molecule has 6 heteroatoms. The van der Waals surface area contributed by atoms with Crippen molar-refractivity contribution in [2.45, 2.75) is 45.7 Å². The molecule has 0 atom stereocenters. The number of likely N-dealkylation sites (tertiary alicyclic amines) is 1. The number of fused-ring (bicyclic) bond motifs is 1. The number of nitrogens with one attached hydrogen (secondary N) is 3. The molecule has 0 unspecified atom stereocenters. The Hall–Kier alpha value is -2.60. The van der Waals surface area contributed by atoms with E-state index in [1.54, 1.807) is 0 Å². The van der Waals surface area contributed by atoms with Crippen molar-refractivity contribution >= 4 is 22.6 Å². The van der Waals surface area contributed by atoms with Crippen LogP contribution in [0.3, 0.4) is 0 Å². The van der Waals surface area contributed by atoms with E-state index in [4.69, 9.17) is 4.99 Å². The number of hydrogen-bond donors (Lipinski definition) is 3. The van der Waals surface area contributed by atoms with E-state index < -0.39 is 0 Å². The van der Waals surface area contributed by atoms with Crippen molar-refractivity contribution in [2.24, 2.45) is 4.99 Å². The average molecular weight is 410 g/mol. The van der Waals surface area contributed by atoms with Crippen molar-refractivity contribution in [3.8, 4) is 0 Å². The topological polar surface area (TPSA) is 68.8 Å². The third kappa shape index (κ3) is 6.46. The first-order valence-corrected chi connectivity index (χ1v) is 11.2. The highest BCUT2D eigenvalue weighted by Crippen LogP contribution is 2.19. The number of hydrogen-bond acceptors (Lipinski definition) is 3. The second-order valence-corrected chi connectivity index (χ2v) is 7.88. The van der Waals surface area contributed by atoms with E-state index in [0.717, 1.165) is 51.4 Å².